The van der Waals surface area contributed by atoms with E-state index in [4.69, 9.17) is 0 Å². The molecule has 1 amide bonds. The lowest BCUT2D eigenvalue weighted by atomic mass is 9.85. The predicted octanol–water partition coefficient (Wildman–Crippen LogP) is 8.02. The van der Waals surface area contributed by atoms with Crippen LogP contribution in [-0.4, -0.2) is 22.1 Å². The van der Waals surface area contributed by atoms with Gasteiger partial charge in [0, 0.05) is 34.4 Å². The van der Waals surface area contributed by atoms with Crippen LogP contribution in [0.5, 0.6) is 0 Å². The molecule has 0 aliphatic heterocycles. The zero-order valence-electron chi connectivity index (χ0n) is 23.6. The highest BCUT2D eigenvalue weighted by Crippen LogP contribution is 2.38. The van der Waals surface area contributed by atoms with E-state index in [1.54, 1.807) is 11.9 Å². The standard InChI is InChI=1S/C31H47N3OS/c1-21-25(29(35)32-24-14-11-15-24)19-27(34(21)20-22-12-9-8-10-13-22)23-16-17-28(36-33-31(5,6)7)26(18-23)30(2,3)4/h16-19,22,24,33H,8-15,20H2,1-7H3,(H,32,35). The van der Waals surface area contributed by atoms with Gasteiger partial charge in [0.2, 0.25) is 0 Å². The van der Waals surface area contributed by atoms with Crippen molar-refractivity contribution in [2.24, 2.45) is 5.92 Å². The molecule has 0 atom stereocenters. The number of nitrogens with one attached hydrogen (secondary N) is 2. The molecule has 36 heavy (non-hydrogen) atoms. The first kappa shape index (κ1) is 27.3. The molecule has 0 bridgehead atoms. The molecule has 0 radical (unpaired) electrons. The van der Waals surface area contributed by atoms with Crippen LogP contribution in [0.1, 0.15) is 115 Å². The van der Waals surface area contributed by atoms with Gasteiger partial charge in [-0.25, -0.2) is 0 Å². The second-order valence-corrected chi connectivity index (χ2v) is 14.0. The first-order valence-electron chi connectivity index (χ1n) is 14.0. The number of aromatic nitrogens is 1. The van der Waals surface area contributed by atoms with E-state index in [-0.39, 0.29) is 16.9 Å². The summed E-state index contributed by atoms with van der Waals surface area (Å²) in [5.41, 5.74) is 5.73. The van der Waals surface area contributed by atoms with E-state index in [0.717, 1.165) is 30.6 Å². The largest absolute Gasteiger partial charge is 0.349 e. The Kier molecular flexibility index (Phi) is 8.31. The molecule has 4 nitrogen and oxygen atoms in total. The first-order chi connectivity index (χ1) is 16.9. The molecule has 2 aromatic rings. The number of benzene rings is 1. The second kappa shape index (κ2) is 10.9. The van der Waals surface area contributed by atoms with Gasteiger partial charge in [0.25, 0.3) is 5.91 Å². The van der Waals surface area contributed by atoms with Crippen molar-refractivity contribution in [2.45, 2.75) is 128 Å². The van der Waals surface area contributed by atoms with Crippen molar-refractivity contribution in [3.05, 3.63) is 41.1 Å². The Labute approximate surface area is 223 Å². The highest BCUT2D eigenvalue weighted by molar-refractivity contribution is 7.97. The van der Waals surface area contributed by atoms with Gasteiger partial charge >= 0.3 is 0 Å². The van der Waals surface area contributed by atoms with Gasteiger partial charge < -0.3 is 9.88 Å². The van der Waals surface area contributed by atoms with Gasteiger partial charge in [0.1, 0.15) is 0 Å². The summed E-state index contributed by atoms with van der Waals surface area (Å²) < 4.78 is 6.04. The summed E-state index contributed by atoms with van der Waals surface area (Å²) in [7, 11) is 0. The Morgan fingerprint density at radius 3 is 2.25 bits per heavy atom. The van der Waals surface area contributed by atoms with Crippen LogP contribution in [0.3, 0.4) is 0 Å². The third-order valence-electron chi connectivity index (χ3n) is 7.77. The highest BCUT2D eigenvalue weighted by atomic mass is 32.2. The van der Waals surface area contributed by atoms with Crippen LogP contribution in [0.25, 0.3) is 11.3 Å². The van der Waals surface area contributed by atoms with E-state index in [9.17, 15) is 4.79 Å². The molecular formula is C31H47N3OS. The fourth-order valence-electron chi connectivity index (χ4n) is 5.37. The predicted molar refractivity (Wildman–Crippen MR) is 154 cm³/mol. The number of nitrogens with zero attached hydrogens (tertiary/aromatic N) is 1. The van der Waals surface area contributed by atoms with Crippen molar-refractivity contribution in [3.8, 4) is 11.3 Å². The zero-order chi connectivity index (χ0) is 26.1. The highest BCUT2D eigenvalue weighted by Gasteiger charge is 2.27. The SMILES string of the molecule is Cc1c(C(=O)NC2CCC2)cc(-c2ccc(SNC(C)(C)C)c(C(C)(C)C)c2)n1CC1CCCCC1. The van der Waals surface area contributed by atoms with E-state index in [1.807, 2.05) is 0 Å². The summed E-state index contributed by atoms with van der Waals surface area (Å²) in [5, 5.41) is 3.28. The normalized spacial score (nSPS) is 17.8. The second-order valence-electron chi connectivity index (χ2n) is 13.2. The van der Waals surface area contributed by atoms with Crippen molar-refractivity contribution >= 4 is 17.9 Å². The minimum Gasteiger partial charge on any atom is -0.349 e. The Morgan fingerprint density at radius 1 is 0.972 bits per heavy atom. The molecule has 2 aliphatic rings. The summed E-state index contributed by atoms with van der Waals surface area (Å²) in [4.78, 5) is 14.6. The van der Waals surface area contributed by atoms with Crippen LogP contribution in [-0.2, 0) is 12.0 Å². The van der Waals surface area contributed by atoms with Gasteiger partial charge in [-0.15, -0.1) is 0 Å². The van der Waals surface area contributed by atoms with Gasteiger partial charge in [-0.1, -0.05) is 46.1 Å². The molecule has 1 aromatic carbocycles. The lowest BCUT2D eigenvalue weighted by Gasteiger charge is -2.27. The Hall–Kier alpha value is -1.72. The molecule has 1 heterocycles. The maximum Gasteiger partial charge on any atom is 0.253 e. The van der Waals surface area contributed by atoms with Crippen LogP contribution >= 0.6 is 11.9 Å². The summed E-state index contributed by atoms with van der Waals surface area (Å²) >= 11 is 1.73. The number of rotatable bonds is 7. The van der Waals surface area contributed by atoms with E-state index < -0.39 is 0 Å². The summed E-state index contributed by atoms with van der Waals surface area (Å²) in [5.74, 6) is 0.789. The maximum atomic E-state index is 13.3. The smallest absolute Gasteiger partial charge is 0.253 e. The Morgan fingerprint density at radius 2 is 1.67 bits per heavy atom. The van der Waals surface area contributed by atoms with Crippen molar-refractivity contribution in [3.63, 3.8) is 0 Å². The number of carbonyl (C=O) groups excluding carboxylic acids is 1. The number of carbonyl (C=O) groups is 1. The monoisotopic (exact) mass is 509 g/mol. The van der Waals surface area contributed by atoms with Crippen LogP contribution < -0.4 is 10.0 Å². The first-order valence-corrected chi connectivity index (χ1v) is 14.8. The third kappa shape index (κ3) is 6.58. The van der Waals surface area contributed by atoms with E-state index in [2.05, 4.69) is 87.3 Å². The molecule has 198 valence electrons. The average molecular weight is 510 g/mol. The van der Waals surface area contributed by atoms with Crippen LogP contribution in [0.15, 0.2) is 29.2 Å². The van der Waals surface area contributed by atoms with Gasteiger partial charge in [0.15, 0.2) is 0 Å². The number of hydrogen-bond acceptors (Lipinski definition) is 3. The zero-order valence-corrected chi connectivity index (χ0v) is 24.4. The van der Waals surface area contributed by atoms with Crippen LogP contribution in [0.4, 0.5) is 0 Å². The number of amides is 1. The van der Waals surface area contributed by atoms with Gasteiger partial charge in [-0.05, 0) is 112 Å². The molecule has 0 saturated heterocycles. The molecule has 2 aliphatic carbocycles. The Bertz CT molecular complexity index is 1060. The molecule has 2 saturated carbocycles. The fourth-order valence-corrected chi connectivity index (χ4v) is 6.39. The molecule has 5 heteroatoms. The van der Waals surface area contributed by atoms with Gasteiger partial charge in [-0.3, -0.25) is 9.52 Å². The third-order valence-corrected chi connectivity index (χ3v) is 9.06. The average Bonchev–Trinajstić information content (AvgIpc) is 3.10. The minimum atomic E-state index is 0.0121. The molecule has 4 rings (SSSR count). The maximum absolute atomic E-state index is 13.3. The van der Waals surface area contributed by atoms with Gasteiger partial charge in [0.05, 0.1) is 5.56 Å². The molecule has 2 fully saturated rings. The van der Waals surface area contributed by atoms with E-state index >= 15 is 0 Å². The molecule has 0 unspecified atom stereocenters. The summed E-state index contributed by atoms with van der Waals surface area (Å²) in [6, 6.07) is 9.39. The van der Waals surface area contributed by atoms with Crippen LogP contribution in [0.2, 0.25) is 0 Å². The Balaban J connectivity index is 1.73. The molecular weight excluding hydrogens is 462 g/mol. The number of hydrogen-bond donors (Lipinski definition) is 2. The summed E-state index contributed by atoms with van der Waals surface area (Å²) in [6.07, 6.45) is 10.0. The lowest BCUT2D eigenvalue weighted by molar-refractivity contribution is 0.0916. The molecule has 1 aromatic heterocycles. The van der Waals surface area contributed by atoms with Crippen molar-refractivity contribution in [1.82, 2.24) is 14.6 Å². The molecule has 2 N–H and O–H groups in total. The fraction of sp³-hybridized carbons (Fsp3) is 0.645. The van der Waals surface area contributed by atoms with Crippen molar-refractivity contribution < 1.29 is 4.79 Å². The quantitative estimate of drug-likeness (QED) is 0.371. The topological polar surface area (TPSA) is 46.1 Å². The molecule has 0 spiro atoms. The van der Waals surface area contributed by atoms with Crippen molar-refractivity contribution in [2.75, 3.05) is 0 Å². The van der Waals surface area contributed by atoms with Crippen molar-refractivity contribution in [1.29, 1.82) is 0 Å². The van der Waals surface area contributed by atoms with Crippen LogP contribution in [0, 0.1) is 12.8 Å². The van der Waals surface area contributed by atoms with E-state index in [0.29, 0.717) is 12.0 Å². The lowest BCUT2D eigenvalue weighted by Crippen LogP contribution is -2.39. The summed E-state index contributed by atoms with van der Waals surface area (Å²) in [6.45, 7) is 16.6. The van der Waals surface area contributed by atoms with E-state index in [1.165, 1.54) is 60.2 Å². The van der Waals surface area contributed by atoms with Gasteiger partial charge in [-0.2, -0.15) is 0 Å². The minimum absolute atomic E-state index is 0.0121.